The molecule has 8 nitrogen and oxygen atoms in total. The fraction of sp³-hybridized carbons (Fsp3) is 0.276. The maximum Gasteiger partial charge on any atom is 0.326 e. The molecule has 2 heterocycles. The normalized spacial score (nSPS) is 15.9. The number of rotatable bonds is 9. The SMILES string of the molecule is C=C1C=CN(C(CCC2CC2)c2ccc(F)c(NC(=O)c3cc(C)nn3-c3cccc(CN)c3)c2)C(=O)N1. The van der Waals surface area contributed by atoms with Crippen LogP contribution < -0.4 is 16.4 Å². The second-order valence-corrected chi connectivity index (χ2v) is 9.87. The number of nitrogens with zero attached hydrogens (tertiary/aromatic N) is 3. The monoisotopic (exact) mass is 514 g/mol. The molecule has 1 saturated carbocycles. The van der Waals surface area contributed by atoms with Gasteiger partial charge in [0.1, 0.15) is 11.5 Å². The molecule has 3 aromatic rings. The molecule has 3 amide bonds. The van der Waals surface area contributed by atoms with Crippen LogP contribution in [0.15, 0.2) is 73.1 Å². The summed E-state index contributed by atoms with van der Waals surface area (Å²) in [6.07, 6.45) is 7.51. The highest BCUT2D eigenvalue weighted by Gasteiger charge is 2.30. The Bertz CT molecular complexity index is 1420. The van der Waals surface area contributed by atoms with E-state index in [9.17, 15) is 14.0 Å². The summed E-state index contributed by atoms with van der Waals surface area (Å²) < 4.78 is 16.5. The largest absolute Gasteiger partial charge is 0.326 e. The maximum absolute atomic E-state index is 15.0. The molecular weight excluding hydrogens is 483 g/mol. The Morgan fingerprint density at radius 2 is 2.08 bits per heavy atom. The van der Waals surface area contributed by atoms with Gasteiger partial charge in [0.15, 0.2) is 0 Å². The first kappa shape index (κ1) is 25.4. The van der Waals surface area contributed by atoms with Gasteiger partial charge in [0.25, 0.3) is 5.91 Å². The minimum atomic E-state index is -0.567. The first-order chi connectivity index (χ1) is 18.3. The van der Waals surface area contributed by atoms with Gasteiger partial charge in [-0.25, -0.2) is 13.9 Å². The molecule has 1 aliphatic carbocycles. The van der Waals surface area contributed by atoms with Gasteiger partial charge in [-0.2, -0.15) is 5.10 Å². The molecule has 0 saturated heterocycles. The average molecular weight is 515 g/mol. The van der Waals surface area contributed by atoms with Crippen molar-refractivity contribution in [2.24, 2.45) is 11.7 Å². The lowest BCUT2D eigenvalue weighted by atomic mass is 9.98. The first-order valence-electron chi connectivity index (χ1n) is 12.8. The number of hydrogen-bond donors (Lipinski definition) is 3. The van der Waals surface area contributed by atoms with E-state index in [0.29, 0.717) is 29.5 Å². The van der Waals surface area contributed by atoms with Gasteiger partial charge in [-0.05, 0) is 73.2 Å². The highest BCUT2D eigenvalue weighted by molar-refractivity contribution is 6.03. The molecule has 196 valence electrons. The van der Waals surface area contributed by atoms with E-state index >= 15 is 0 Å². The molecule has 0 radical (unpaired) electrons. The number of carbonyl (C=O) groups excluding carboxylic acids is 2. The molecule has 5 rings (SSSR count). The van der Waals surface area contributed by atoms with Gasteiger partial charge in [-0.3, -0.25) is 9.69 Å². The summed E-state index contributed by atoms with van der Waals surface area (Å²) in [5.41, 5.74) is 9.56. The molecule has 9 heteroatoms. The Kier molecular flexibility index (Phi) is 7.11. The zero-order valence-electron chi connectivity index (χ0n) is 21.3. The lowest BCUT2D eigenvalue weighted by molar-refractivity contribution is 0.101. The van der Waals surface area contributed by atoms with Crippen molar-refractivity contribution in [2.75, 3.05) is 5.32 Å². The summed E-state index contributed by atoms with van der Waals surface area (Å²) in [5, 5.41) is 9.93. The predicted molar refractivity (Wildman–Crippen MR) is 144 cm³/mol. The van der Waals surface area contributed by atoms with Crippen LogP contribution in [0.25, 0.3) is 5.69 Å². The molecule has 2 aliphatic rings. The van der Waals surface area contributed by atoms with E-state index < -0.39 is 11.7 Å². The van der Waals surface area contributed by atoms with Gasteiger partial charge in [-0.1, -0.05) is 37.6 Å². The molecule has 0 spiro atoms. The maximum atomic E-state index is 15.0. The number of nitrogens with one attached hydrogen (secondary N) is 2. The minimum absolute atomic E-state index is 0.0378. The molecule has 1 unspecified atom stereocenters. The predicted octanol–water partition coefficient (Wildman–Crippen LogP) is 5.31. The van der Waals surface area contributed by atoms with Crippen LogP contribution in [-0.4, -0.2) is 26.6 Å². The number of hydrogen-bond acceptors (Lipinski definition) is 4. The van der Waals surface area contributed by atoms with E-state index in [1.54, 1.807) is 42.3 Å². The molecular formula is C29H31FN6O2. The topological polar surface area (TPSA) is 105 Å². The number of allylic oxidation sites excluding steroid dienone is 1. The average Bonchev–Trinajstić information content (AvgIpc) is 3.65. The molecule has 4 N–H and O–H groups in total. The van der Waals surface area contributed by atoms with E-state index in [4.69, 9.17) is 5.73 Å². The Morgan fingerprint density at radius 3 is 2.82 bits per heavy atom. The van der Waals surface area contributed by atoms with Crippen molar-refractivity contribution >= 4 is 17.6 Å². The molecule has 1 fully saturated rings. The number of nitrogens with two attached hydrogens (primary N) is 1. The third kappa shape index (κ3) is 5.52. The van der Waals surface area contributed by atoms with Crippen LogP contribution >= 0.6 is 0 Å². The molecule has 38 heavy (non-hydrogen) atoms. The molecule has 1 atom stereocenters. The summed E-state index contributed by atoms with van der Waals surface area (Å²) >= 11 is 0. The standard InChI is InChI=1S/C29H31FN6O2/c1-18-12-13-35(29(38)32-18)26(11-8-20-6-7-20)22-9-10-24(30)25(16-22)33-28(37)27-14-19(2)34-36(27)23-5-3-4-21(15-23)17-31/h3-5,9-10,12-16,20,26H,1,6-8,11,17,31H2,2H3,(H,32,38)(H,33,37). The molecule has 2 aromatic carbocycles. The summed E-state index contributed by atoms with van der Waals surface area (Å²) in [4.78, 5) is 27.7. The van der Waals surface area contributed by atoms with E-state index in [1.165, 1.54) is 23.6 Å². The van der Waals surface area contributed by atoms with Gasteiger partial charge in [0.05, 0.1) is 23.1 Å². The zero-order chi connectivity index (χ0) is 26.8. The third-order valence-electron chi connectivity index (χ3n) is 6.90. The van der Waals surface area contributed by atoms with Gasteiger partial charge in [-0.15, -0.1) is 0 Å². The van der Waals surface area contributed by atoms with Crippen molar-refractivity contribution in [1.82, 2.24) is 20.0 Å². The fourth-order valence-corrected chi connectivity index (χ4v) is 4.70. The van der Waals surface area contributed by atoms with Gasteiger partial charge < -0.3 is 16.4 Å². The van der Waals surface area contributed by atoms with Crippen molar-refractivity contribution in [3.63, 3.8) is 0 Å². The van der Waals surface area contributed by atoms with Crippen LogP contribution in [0.5, 0.6) is 0 Å². The lowest BCUT2D eigenvalue weighted by Gasteiger charge is -2.32. The van der Waals surface area contributed by atoms with Crippen molar-refractivity contribution < 1.29 is 14.0 Å². The number of aromatic nitrogens is 2. The number of benzene rings is 2. The first-order valence-corrected chi connectivity index (χ1v) is 12.8. The number of aryl methyl sites for hydroxylation is 1. The highest BCUT2D eigenvalue weighted by Crippen LogP contribution is 2.38. The smallest absolute Gasteiger partial charge is 0.326 e. The van der Waals surface area contributed by atoms with E-state index in [-0.39, 0.29) is 23.5 Å². The minimum Gasteiger partial charge on any atom is -0.326 e. The van der Waals surface area contributed by atoms with E-state index in [1.807, 2.05) is 24.3 Å². The Balaban J connectivity index is 1.44. The fourth-order valence-electron chi connectivity index (χ4n) is 4.70. The van der Waals surface area contributed by atoms with Crippen molar-refractivity contribution in [2.45, 2.75) is 45.2 Å². The summed E-state index contributed by atoms with van der Waals surface area (Å²) in [7, 11) is 0. The third-order valence-corrected chi connectivity index (χ3v) is 6.90. The van der Waals surface area contributed by atoms with Crippen LogP contribution in [0, 0.1) is 18.7 Å². The number of urea groups is 1. The number of carbonyl (C=O) groups is 2. The quantitative estimate of drug-likeness (QED) is 0.360. The van der Waals surface area contributed by atoms with Gasteiger partial charge >= 0.3 is 6.03 Å². The van der Waals surface area contributed by atoms with Crippen LogP contribution in [0.3, 0.4) is 0 Å². The Morgan fingerprint density at radius 1 is 1.26 bits per heavy atom. The molecule has 1 aliphatic heterocycles. The highest BCUT2D eigenvalue weighted by atomic mass is 19.1. The summed E-state index contributed by atoms with van der Waals surface area (Å²) in [5.74, 6) is -0.408. The zero-order valence-corrected chi connectivity index (χ0v) is 21.3. The second-order valence-electron chi connectivity index (χ2n) is 9.87. The van der Waals surface area contributed by atoms with Crippen molar-refractivity contribution in [1.29, 1.82) is 0 Å². The van der Waals surface area contributed by atoms with Gasteiger partial charge in [0, 0.05) is 18.4 Å². The van der Waals surface area contributed by atoms with Crippen LogP contribution in [0.4, 0.5) is 14.9 Å². The second kappa shape index (κ2) is 10.6. The Hall–Kier alpha value is -4.24. The van der Waals surface area contributed by atoms with Crippen molar-refractivity contribution in [3.05, 3.63) is 101 Å². The lowest BCUT2D eigenvalue weighted by Crippen LogP contribution is -2.40. The number of halogens is 1. The van der Waals surface area contributed by atoms with Crippen LogP contribution in [0.1, 0.15) is 59.0 Å². The number of amides is 3. The van der Waals surface area contributed by atoms with Crippen LogP contribution in [0.2, 0.25) is 0 Å². The van der Waals surface area contributed by atoms with Crippen molar-refractivity contribution in [3.8, 4) is 5.69 Å². The molecule has 1 aromatic heterocycles. The van der Waals surface area contributed by atoms with E-state index in [2.05, 4.69) is 22.3 Å². The summed E-state index contributed by atoms with van der Waals surface area (Å²) in [6, 6.07) is 13.1. The summed E-state index contributed by atoms with van der Waals surface area (Å²) in [6.45, 7) is 5.93. The van der Waals surface area contributed by atoms with Gasteiger partial charge in [0.2, 0.25) is 0 Å². The Labute approximate surface area is 221 Å². The van der Waals surface area contributed by atoms with Crippen LogP contribution in [-0.2, 0) is 6.54 Å². The number of anilines is 1. The molecule has 0 bridgehead atoms. The van der Waals surface area contributed by atoms with E-state index in [0.717, 1.165) is 24.0 Å².